The first-order valence-electron chi connectivity index (χ1n) is 13.8. The molecule has 1 aromatic heterocycles. The van der Waals surface area contributed by atoms with Crippen LogP contribution >= 0.6 is 11.3 Å². The number of phenols is 1. The predicted molar refractivity (Wildman–Crippen MR) is 144 cm³/mol. The highest BCUT2D eigenvalue weighted by Gasteiger charge is 2.60. The van der Waals surface area contributed by atoms with Crippen molar-refractivity contribution in [3.8, 4) is 5.75 Å². The molecule has 6 heteroatoms. The molecule has 0 unspecified atom stereocenters. The van der Waals surface area contributed by atoms with Gasteiger partial charge in [-0.1, -0.05) is 44.3 Å². The summed E-state index contributed by atoms with van der Waals surface area (Å²) in [7, 11) is 0. The maximum Gasteiger partial charge on any atom is 0.306 e. The van der Waals surface area contributed by atoms with Crippen molar-refractivity contribution in [3.63, 3.8) is 0 Å². The fraction of sp³-hybridized carbons (Fsp3) is 0.600. The molecule has 0 spiro atoms. The summed E-state index contributed by atoms with van der Waals surface area (Å²) >= 11 is 1.76. The van der Waals surface area contributed by atoms with Gasteiger partial charge < -0.3 is 15.2 Å². The molecule has 36 heavy (non-hydrogen) atoms. The Bertz CT molecular complexity index is 1200. The largest absolute Gasteiger partial charge is 0.508 e. The quantitative estimate of drug-likeness (QED) is 0.411. The van der Waals surface area contributed by atoms with E-state index in [-0.39, 0.29) is 28.7 Å². The molecule has 1 heterocycles. The van der Waals surface area contributed by atoms with Crippen LogP contribution in [0.3, 0.4) is 0 Å². The number of anilines is 2. The molecule has 192 valence electrons. The molecule has 2 aromatic rings. The van der Waals surface area contributed by atoms with Gasteiger partial charge in [0.1, 0.15) is 11.9 Å². The Kier molecular flexibility index (Phi) is 5.94. The Labute approximate surface area is 218 Å². The van der Waals surface area contributed by atoms with Crippen LogP contribution in [0.4, 0.5) is 10.8 Å². The third-order valence-corrected chi connectivity index (χ3v) is 11.1. The molecular formula is C30H38N2O3S. The molecule has 6 rings (SSSR count). The van der Waals surface area contributed by atoms with Gasteiger partial charge in [0.05, 0.1) is 10.6 Å². The minimum Gasteiger partial charge on any atom is -0.508 e. The van der Waals surface area contributed by atoms with Gasteiger partial charge in [-0.15, -0.1) is 0 Å². The van der Waals surface area contributed by atoms with E-state index < -0.39 is 0 Å². The Balaban J connectivity index is 1.25. The topological polar surface area (TPSA) is 71.5 Å². The lowest BCUT2D eigenvalue weighted by atomic mass is 9.48. The number of nitrogens with zero attached hydrogens (tertiary/aromatic N) is 1. The van der Waals surface area contributed by atoms with Crippen LogP contribution in [0.2, 0.25) is 0 Å². The number of allylic oxidation sites excluding steroid dienone is 2. The van der Waals surface area contributed by atoms with Crippen LogP contribution in [0, 0.1) is 28.6 Å². The average molecular weight is 507 g/mol. The third kappa shape index (κ3) is 3.79. The van der Waals surface area contributed by atoms with Crippen molar-refractivity contribution in [1.29, 1.82) is 0 Å². The van der Waals surface area contributed by atoms with Crippen molar-refractivity contribution in [2.45, 2.75) is 84.7 Å². The normalized spacial score (nSPS) is 34.6. The van der Waals surface area contributed by atoms with E-state index in [2.05, 4.69) is 25.2 Å². The van der Waals surface area contributed by atoms with Crippen molar-refractivity contribution in [1.82, 2.24) is 4.98 Å². The minimum atomic E-state index is -0.00980. The number of thiazole rings is 1. The van der Waals surface area contributed by atoms with Gasteiger partial charge in [-0.25, -0.2) is 4.98 Å². The first kappa shape index (κ1) is 24.0. The van der Waals surface area contributed by atoms with Crippen molar-refractivity contribution in [3.05, 3.63) is 40.9 Å². The highest BCUT2D eigenvalue weighted by molar-refractivity contribution is 7.16. The molecule has 2 N–H and O–H groups in total. The van der Waals surface area contributed by atoms with Crippen LogP contribution in [0.25, 0.3) is 5.57 Å². The van der Waals surface area contributed by atoms with Crippen LogP contribution in [-0.4, -0.2) is 22.2 Å². The number of aromatic nitrogens is 1. The fourth-order valence-corrected chi connectivity index (χ4v) is 9.41. The van der Waals surface area contributed by atoms with E-state index in [1.807, 2.05) is 19.1 Å². The molecule has 2 saturated carbocycles. The third-order valence-electron chi connectivity index (χ3n) is 10.0. The zero-order chi connectivity index (χ0) is 25.1. The summed E-state index contributed by atoms with van der Waals surface area (Å²) in [6.45, 7) is 6.97. The van der Waals surface area contributed by atoms with E-state index in [0.29, 0.717) is 24.2 Å². The first-order chi connectivity index (χ1) is 17.3. The monoisotopic (exact) mass is 506 g/mol. The van der Waals surface area contributed by atoms with Crippen molar-refractivity contribution < 1.29 is 14.6 Å². The second-order valence-corrected chi connectivity index (χ2v) is 13.0. The summed E-state index contributed by atoms with van der Waals surface area (Å²) in [6, 6.07) is 7.23. The second-order valence-electron chi connectivity index (χ2n) is 12.0. The van der Waals surface area contributed by atoms with Crippen molar-refractivity contribution in [2.24, 2.45) is 28.6 Å². The number of ether oxygens (including phenoxy) is 1. The number of hydrogen-bond acceptors (Lipinski definition) is 6. The number of carbonyl (C=O) groups is 1. The summed E-state index contributed by atoms with van der Waals surface area (Å²) in [5.41, 5.74) is 3.90. The molecule has 6 atom stereocenters. The standard InChI is InChI=1S/C30H38N2O3S/c1-4-6-26(34)35-25-12-11-21-20-9-10-23-27-24(14-16-29(23,2)22(20)13-15-30(21,25)3)32-28(36-27)31-18-7-5-8-19(33)17-18/h5,7-8,10,17,20-22,25,33H,4,6,9,11-16H2,1-3H3,(H,31,32)/t20-,21-,22-,25-,29+,30-/m0/s1. The lowest BCUT2D eigenvalue weighted by molar-refractivity contribution is -0.159. The number of phenolic OH excluding ortho intramolecular Hbond substituents is 1. The van der Waals surface area contributed by atoms with Gasteiger partial charge in [-0.3, -0.25) is 4.79 Å². The lowest BCUT2D eigenvalue weighted by Crippen LogP contribution is -2.50. The zero-order valence-electron chi connectivity index (χ0n) is 21.7. The van der Waals surface area contributed by atoms with Crippen LogP contribution < -0.4 is 5.32 Å². The summed E-state index contributed by atoms with van der Waals surface area (Å²) in [5.74, 6) is 2.24. The zero-order valence-corrected chi connectivity index (χ0v) is 22.5. The maximum absolute atomic E-state index is 12.3. The summed E-state index contributed by atoms with van der Waals surface area (Å²) in [6.07, 6.45) is 11.9. The maximum atomic E-state index is 12.3. The van der Waals surface area contributed by atoms with E-state index in [0.717, 1.165) is 49.3 Å². The summed E-state index contributed by atoms with van der Waals surface area (Å²) in [5, 5.41) is 14.1. The molecule has 2 fully saturated rings. The molecule has 5 nitrogen and oxygen atoms in total. The van der Waals surface area contributed by atoms with Gasteiger partial charge >= 0.3 is 5.97 Å². The molecule has 0 amide bonds. The number of aromatic hydroxyl groups is 1. The van der Waals surface area contributed by atoms with Crippen LogP contribution in [-0.2, 0) is 16.0 Å². The molecular weight excluding hydrogens is 468 g/mol. The van der Waals surface area contributed by atoms with Crippen LogP contribution in [0.1, 0.15) is 82.7 Å². The molecule has 0 bridgehead atoms. The highest BCUT2D eigenvalue weighted by Crippen LogP contribution is 2.66. The van der Waals surface area contributed by atoms with Crippen molar-refractivity contribution in [2.75, 3.05) is 5.32 Å². The van der Waals surface area contributed by atoms with Gasteiger partial charge in [-0.2, -0.15) is 0 Å². The van der Waals surface area contributed by atoms with E-state index in [4.69, 9.17) is 9.72 Å². The van der Waals surface area contributed by atoms with E-state index in [1.54, 1.807) is 23.5 Å². The Morgan fingerprint density at radius 2 is 2.08 bits per heavy atom. The highest BCUT2D eigenvalue weighted by atomic mass is 32.1. The predicted octanol–water partition coefficient (Wildman–Crippen LogP) is 7.49. The van der Waals surface area contributed by atoms with Crippen molar-refractivity contribution >= 4 is 33.7 Å². The Morgan fingerprint density at radius 1 is 1.22 bits per heavy atom. The number of fused-ring (bicyclic) bond motifs is 7. The molecule has 0 radical (unpaired) electrons. The van der Waals surface area contributed by atoms with Gasteiger partial charge in [0.25, 0.3) is 0 Å². The van der Waals surface area contributed by atoms with Gasteiger partial charge in [-0.05, 0) is 92.2 Å². The first-order valence-corrected chi connectivity index (χ1v) is 14.6. The fourth-order valence-electron chi connectivity index (χ4n) is 8.20. The second kappa shape index (κ2) is 8.90. The number of carbonyl (C=O) groups excluding carboxylic acids is 1. The van der Waals surface area contributed by atoms with E-state index in [1.165, 1.54) is 29.0 Å². The number of nitrogens with one attached hydrogen (secondary N) is 1. The van der Waals surface area contributed by atoms with E-state index in [9.17, 15) is 9.90 Å². The minimum absolute atomic E-state index is 0.00980. The van der Waals surface area contributed by atoms with Gasteiger partial charge in [0.2, 0.25) is 0 Å². The van der Waals surface area contributed by atoms with Gasteiger partial charge in [0.15, 0.2) is 5.13 Å². The SMILES string of the molecule is CCCC(=O)O[C@H]1CC[C@H]2[C@@H]3CC=C4c5sc(Nc6cccc(O)c6)nc5CC[C@]4(C)[C@H]3CC[C@]12C. The van der Waals surface area contributed by atoms with Gasteiger partial charge in [0, 0.05) is 23.6 Å². The molecule has 0 saturated heterocycles. The summed E-state index contributed by atoms with van der Waals surface area (Å²) in [4.78, 5) is 18.6. The molecule has 0 aliphatic heterocycles. The number of aryl methyl sites for hydroxylation is 1. The smallest absolute Gasteiger partial charge is 0.306 e. The Hall–Kier alpha value is -2.34. The number of benzene rings is 1. The molecule has 4 aliphatic carbocycles. The summed E-state index contributed by atoms with van der Waals surface area (Å²) < 4.78 is 6.06. The number of hydrogen-bond donors (Lipinski definition) is 2. The molecule has 1 aromatic carbocycles. The van der Waals surface area contributed by atoms with Crippen LogP contribution in [0.15, 0.2) is 30.3 Å². The van der Waals surface area contributed by atoms with E-state index >= 15 is 0 Å². The number of esters is 1. The molecule has 4 aliphatic rings. The van der Waals surface area contributed by atoms with Crippen LogP contribution in [0.5, 0.6) is 5.75 Å². The Morgan fingerprint density at radius 3 is 2.89 bits per heavy atom. The average Bonchev–Trinajstić information content (AvgIpc) is 3.39. The number of rotatable bonds is 5. The lowest BCUT2D eigenvalue weighted by Gasteiger charge is -2.56.